The number of hydrogen-bond acceptors (Lipinski definition) is 3. The Balaban J connectivity index is 1.70. The fourth-order valence-corrected chi connectivity index (χ4v) is 2.59. The predicted molar refractivity (Wildman–Crippen MR) is 82.9 cm³/mol. The number of benzene rings is 1. The van der Waals surface area contributed by atoms with E-state index in [0.717, 1.165) is 55.7 Å². The first-order chi connectivity index (χ1) is 11.1. The van der Waals surface area contributed by atoms with Crippen LogP contribution in [0.25, 0.3) is 0 Å². The number of aromatic nitrogens is 3. The Kier molecular flexibility index (Phi) is 4.50. The van der Waals surface area contributed by atoms with Gasteiger partial charge in [0.2, 0.25) is 0 Å². The molecule has 23 heavy (non-hydrogen) atoms. The van der Waals surface area contributed by atoms with Gasteiger partial charge in [-0.05, 0) is 25.0 Å². The second-order valence-corrected chi connectivity index (χ2v) is 5.45. The first-order valence-corrected chi connectivity index (χ1v) is 7.56. The van der Waals surface area contributed by atoms with Gasteiger partial charge in [0.1, 0.15) is 24.0 Å². The van der Waals surface area contributed by atoms with Gasteiger partial charge in [-0.2, -0.15) is 0 Å². The minimum atomic E-state index is -0.596. The number of guanidine groups is 1. The molecule has 8 heteroatoms. The lowest BCUT2D eigenvalue weighted by atomic mass is 10.2. The van der Waals surface area contributed by atoms with Gasteiger partial charge in [0.05, 0.1) is 5.69 Å². The second-order valence-electron chi connectivity index (χ2n) is 5.45. The van der Waals surface area contributed by atoms with Crippen LogP contribution in [-0.2, 0) is 19.5 Å². The van der Waals surface area contributed by atoms with Crippen LogP contribution in [0.4, 0.5) is 14.5 Å². The maximum Gasteiger partial charge on any atom is 0.193 e. The Bertz CT molecular complexity index is 725. The summed E-state index contributed by atoms with van der Waals surface area (Å²) in [5.41, 5.74) is 5.69. The molecule has 0 spiro atoms. The maximum absolute atomic E-state index is 13.5. The van der Waals surface area contributed by atoms with E-state index in [1.807, 2.05) is 0 Å². The maximum atomic E-state index is 13.5. The van der Waals surface area contributed by atoms with Crippen LogP contribution in [0.3, 0.4) is 0 Å². The molecule has 3 rings (SSSR count). The molecule has 6 nitrogen and oxygen atoms in total. The van der Waals surface area contributed by atoms with Crippen molar-refractivity contribution in [2.45, 2.75) is 38.8 Å². The van der Waals surface area contributed by atoms with Crippen LogP contribution in [0.15, 0.2) is 23.2 Å². The number of nitrogens with zero attached hydrogens (tertiary/aromatic N) is 4. The summed E-state index contributed by atoms with van der Waals surface area (Å²) in [5.74, 6) is 0.549. The molecule has 1 aliphatic heterocycles. The molecular weight excluding hydrogens is 302 g/mol. The monoisotopic (exact) mass is 320 g/mol. The van der Waals surface area contributed by atoms with Gasteiger partial charge in [0.25, 0.3) is 0 Å². The zero-order chi connectivity index (χ0) is 16.2. The lowest BCUT2D eigenvalue weighted by molar-refractivity contribution is 0.603. The smallest absolute Gasteiger partial charge is 0.193 e. The summed E-state index contributed by atoms with van der Waals surface area (Å²) in [7, 11) is 0. The van der Waals surface area contributed by atoms with E-state index in [0.29, 0.717) is 0 Å². The molecule has 3 N–H and O–H groups in total. The van der Waals surface area contributed by atoms with Gasteiger partial charge >= 0.3 is 0 Å². The van der Waals surface area contributed by atoms with Crippen molar-refractivity contribution in [2.24, 2.45) is 10.7 Å². The van der Waals surface area contributed by atoms with Crippen LogP contribution in [-0.4, -0.2) is 20.7 Å². The van der Waals surface area contributed by atoms with Crippen LogP contribution in [0.5, 0.6) is 0 Å². The van der Waals surface area contributed by atoms with Gasteiger partial charge < -0.3 is 15.6 Å². The molecule has 2 heterocycles. The lowest BCUT2D eigenvalue weighted by Crippen LogP contribution is -2.23. The Morgan fingerprint density at radius 2 is 2.13 bits per heavy atom. The molecule has 0 fully saturated rings. The zero-order valence-corrected chi connectivity index (χ0v) is 12.6. The number of fused-ring (bicyclic) bond motifs is 1. The van der Waals surface area contributed by atoms with Crippen LogP contribution >= 0.6 is 0 Å². The number of nitrogens with two attached hydrogens (primary N) is 1. The molecule has 0 amide bonds. The molecule has 0 unspecified atom stereocenters. The molecule has 0 bridgehead atoms. The largest absolute Gasteiger partial charge is 0.370 e. The molecule has 0 saturated carbocycles. The average molecular weight is 320 g/mol. The molecule has 1 aliphatic rings. The molecule has 1 aromatic heterocycles. The number of hydrogen-bond donors (Lipinski definition) is 2. The van der Waals surface area contributed by atoms with E-state index in [1.54, 1.807) is 0 Å². The molecule has 0 aliphatic carbocycles. The quantitative estimate of drug-likeness (QED) is 0.671. The average Bonchev–Trinajstić information content (AvgIpc) is 2.76. The van der Waals surface area contributed by atoms with Crippen molar-refractivity contribution in [3.63, 3.8) is 0 Å². The summed E-state index contributed by atoms with van der Waals surface area (Å²) in [6, 6.07) is 3.10. The van der Waals surface area contributed by atoms with E-state index in [-0.39, 0.29) is 18.2 Å². The topological polar surface area (TPSA) is 81.1 Å². The summed E-state index contributed by atoms with van der Waals surface area (Å²) in [5, 5.41) is 10.9. The Morgan fingerprint density at radius 1 is 1.26 bits per heavy atom. The minimum Gasteiger partial charge on any atom is -0.370 e. The molecule has 1 aromatic carbocycles. The van der Waals surface area contributed by atoms with Crippen molar-refractivity contribution in [3.8, 4) is 0 Å². The van der Waals surface area contributed by atoms with Gasteiger partial charge in [-0.15, -0.1) is 10.2 Å². The van der Waals surface area contributed by atoms with E-state index in [2.05, 4.69) is 25.1 Å². The Labute approximate surface area is 132 Å². The van der Waals surface area contributed by atoms with Crippen molar-refractivity contribution in [3.05, 3.63) is 41.5 Å². The van der Waals surface area contributed by atoms with Crippen molar-refractivity contribution in [1.29, 1.82) is 0 Å². The third-order valence-electron chi connectivity index (χ3n) is 3.77. The van der Waals surface area contributed by atoms with Crippen LogP contribution in [0.2, 0.25) is 0 Å². The van der Waals surface area contributed by atoms with Crippen molar-refractivity contribution in [2.75, 3.05) is 5.32 Å². The number of aryl methyl sites for hydroxylation is 1. The number of halogens is 2. The first kappa shape index (κ1) is 15.4. The van der Waals surface area contributed by atoms with Crippen molar-refractivity contribution >= 4 is 11.6 Å². The fraction of sp³-hybridized carbons (Fsp3) is 0.400. The zero-order valence-electron chi connectivity index (χ0n) is 12.6. The summed E-state index contributed by atoms with van der Waals surface area (Å²) in [4.78, 5) is 4.14. The standard InChI is InChI=1S/C15H18F2N6/c16-10-5-6-11(17)12(8-10)20-15(18)19-9-14-22-21-13-4-2-1-3-7-23(13)14/h5-6,8H,1-4,7,9H2,(H3,18,19,20). The SMILES string of the molecule is NC(=NCc1nnc2n1CCCCC2)Nc1cc(F)ccc1F. The molecule has 0 atom stereocenters. The van der Waals surface area contributed by atoms with E-state index in [1.165, 1.54) is 6.42 Å². The number of rotatable bonds is 3. The van der Waals surface area contributed by atoms with E-state index in [4.69, 9.17) is 5.73 Å². The Morgan fingerprint density at radius 3 is 3.00 bits per heavy atom. The predicted octanol–water partition coefficient (Wildman–Crippen LogP) is 2.21. The minimum absolute atomic E-state index is 0.000437. The lowest BCUT2D eigenvalue weighted by Gasteiger charge is -2.08. The molecule has 0 radical (unpaired) electrons. The van der Waals surface area contributed by atoms with Gasteiger partial charge in [0.15, 0.2) is 11.8 Å². The van der Waals surface area contributed by atoms with E-state index in [9.17, 15) is 8.78 Å². The first-order valence-electron chi connectivity index (χ1n) is 7.56. The van der Waals surface area contributed by atoms with Gasteiger partial charge in [0, 0.05) is 19.0 Å². The summed E-state index contributed by atoms with van der Waals surface area (Å²) >= 11 is 0. The Hall–Kier alpha value is -2.51. The number of anilines is 1. The van der Waals surface area contributed by atoms with Crippen LogP contribution in [0.1, 0.15) is 30.9 Å². The highest BCUT2D eigenvalue weighted by molar-refractivity contribution is 5.92. The number of nitrogens with one attached hydrogen (secondary N) is 1. The van der Waals surface area contributed by atoms with E-state index < -0.39 is 11.6 Å². The highest BCUT2D eigenvalue weighted by Gasteiger charge is 2.14. The molecule has 0 saturated heterocycles. The van der Waals surface area contributed by atoms with Crippen LogP contribution in [0, 0.1) is 11.6 Å². The third-order valence-corrected chi connectivity index (χ3v) is 3.77. The molecule has 2 aromatic rings. The van der Waals surface area contributed by atoms with Crippen LogP contribution < -0.4 is 11.1 Å². The van der Waals surface area contributed by atoms with Crippen molar-refractivity contribution in [1.82, 2.24) is 14.8 Å². The summed E-state index contributed by atoms with van der Waals surface area (Å²) < 4.78 is 28.7. The summed E-state index contributed by atoms with van der Waals surface area (Å²) in [6.07, 6.45) is 4.29. The molecular formula is C15H18F2N6. The fourth-order valence-electron chi connectivity index (χ4n) is 2.59. The van der Waals surface area contributed by atoms with Gasteiger partial charge in [-0.3, -0.25) is 0 Å². The highest BCUT2D eigenvalue weighted by Crippen LogP contribution is 2.16. The van der Waals surface area contributed by atoms with Crippen molar-refractivity contribution < 1.29 is 8.78 Å². The number of aliphatic imine (C=N–C) groups is 1. The highest BCUT2D eigenvalue weighted by atomic mass is 19.1. The second kappa shape index (κ2) is 6.72. The van der Waals surface area contributed by atoms with Gasteiger partial charge in [-0.25, -0.2) is 13.8 Å². The third kappa shape index (κ3) is 3.64. The summed E-state index contributed by atoms with van der Waals surface area (Å²) in [6.45, 7) is 1.11. The van der Waals surface area contributed by atoms with Gasteiger partial charge in [-0.1, -0.05) is 6.42 Å². The molecule has 122 valence electrons. The normalized spacial score (nSPS) is 15.1. The van der Waals surface area contributed by atoms with E-state index >= 15 is 0 Å².